The number of carbonyl (C=O) groups is 1. The first kappa shape index (κ1) is 17.0. The van der Waals surface area contributed by atoms with Crippen molar-refractivity contribution in [3.8, 4) is 0 Å². The Bertz CT molecular complexity index is 503. The van der Waals surface area contributed by atoms with Crippen LogP contribution in [0.3, 0.4) is 0 Å². The normalized spacial score (nSPS) is 22.0. The lowest BCUT2D eigenvalue weighted by Crippen LogP contribution is -2.52. The molecule has 22 heavy (non-hydrogen) atoms. The molecule has 4 heteroatoms. The van der Waals surface area contributed by atoms with E-state index in [0.29, 0.717) is 19.8 Å². The van der Waals surface area contributed by atoms with Gasteiger partial charge in [0.1, 0.15) is 6.10 Å². The highest BCUT2D eigenvalue weighted by Crippen LogP contribution is 2.28. The van der Waals surface area contributed by atoms with Gasteiger partial charge in [0.25, 0.3) is 0 Å². The van der Waals surface area contributed by atoms with E-state index in [4.69, 9.17) is 9.47 Å². The highest BCUT2D eigenvalue weighted by molar-refractivity contribution is 5.81. The van der Waals surface area contributed by atoms with Crippen molar-refractivity contribution in [3.63, 3.8) is 0 Å². The lowest BCUT2D eigenvalue weighted by molar-refractivity contribution is -0.134. The van der Waals surface area contributed by atoms with E-state index in [1.807, 2.05) is 6.92 Å². The van der Waals surface area contributed by atoms with Crippen molar-refractivity contribution in [1.82, 2.24) is 5.32 Å². The summed E-state index contributed by atoms with van der Waals surface area (Å²) in [5.41, 5.74) is 2.54. The molecule has 2 atom stereocenters. The smallest absolute Gasteiger partial charge is 0.249 e. The van der Waals surface area contributed by atoms with Crippen molar-refractivity contribution in [3.05, 3.63) is 35.4 Å². The number of ether oxygens (including phenoxy) is 2. The summed E-state index contributed by atoms with van der Waals surface area (Å²) < 4.78 is 10.7. The first-order chi connectivity index (χ1) is 10.5. The van der Waals surface area contributed by atoms with Gasteiger partial charge in [0.15, 0.2) is 0 Å². The second-order valence-electron chi connectivity index (χ2n) is 6.21. The minimum atomic E-state index is -0.450. The number of rotatable bonds is 7. The predicted molar refractivity (Wildman–Crippen MR) is 86.9 cm³/mol. The summed E-state index contributed by atoms with van der Waals surface area (Å²) in [6.07, 6.45) is 2.39. The third-order valence-electron chi connectivity index (χ3n) is 4.24. The standard InChI is InChI=1S/C18H27NO3/c1-4-21-11-12-22-14(2)17(20)19-18(3)10-9-15-7-5-6-8-16(15)13-18/h5-8,14H,4,9-13H2,1-3H3,(H,19,20)/t14-,18+/m0/s1. The van der Waals surface area contributed by atoms with Gasteiger partial charge in [0.05, 0.1) is 13.2 Å². The Balaban J connectivity index is 1.86. The molecule has 0 saturated heterocycles. The molecule has 2 rings (SSSR count). The van der Waals surface area contributed by atoms with E-state index in [1.54, 1.807) is 6.92 Å². The number of hydrogen-bond acceptors (Lipinski definition) is 3. The lowest BCUT2D eigenvalue weighted by Gasteiger charge is -2.36. The van der Waals surface area contributed by atoms with Gasteiger partial charge in [-0.05, 0) is 51.2 Å². The number of fused-ring (bicyclic) bond motifs is 1. The molecule has 0 fully saturated rings. The van der Waals surface area contributed by atoms with Crippen LogP contribution < -0.4 is 5.32 Å². The number of carbonyl (C=O) groups excluding carboxylic acids is 1. The minimum Gasteiger partial charge on any atom is -0.379 e. The van der Waals surface area contributed by atoms with Crippen molar-refractivity contribution >= 4 is 5.91 Å². The average Bonchev–Trinajstić information content (AvgIpc) is 2.50. The average molecular weight is 305 g/mol. The SMILES string of the molecule is CCOCCO[C@@H](C)C(=O)N[C@]1(C)CCc2ccccc2C1. The maximum Gasteiger partial charge on any atom is 0.249 e. The van der Waals surface area contributed by atoms with Gasteiger partial charge in [0.2, 0.25) is 5.91 Å². The Morgan fingerprint density at radius 2 is 2.05 bits per heavy atom. The number of hydrogen-bond donors (Lipinski definition) is 1. The Morgan fingerprint density at radius 3 is 2.77 bits per heavy atom. The Kier molecular flexibility index (Phi) is 5.98. The number of benzene rings is 1. The van der Waals surface area contributed by atoms with Crippen LogP contribution in [0.5, 0.6) is 0 Å². The van der Waals surface area contributed by atoms with Gasteiger partial charge in [-0.3, -0.25) is 4.79 Å². The van der Waals surface area contributed by atoms with Crippen LogP contribution in [0.1, 0.15) is 38.3 Å². The predicted octanol–water partition coefficient (Wildman–Crippen LogP) is 2.49. The number of aryl methyl sites for hydroxylation is 1. The number of amides is 1. The molecule has 0 unspecified atom stereocenters. The summed E-state index contributed by atoms with van der Waals surface area (Å²) >= 11 is 0. The van der Waals surface area contributed by atoms with Crippen molar-refractivity contribution in [2.24, 2.45) is 0 Å². The molecule has 1 aliphatic carbocycles. The van der Waals surface area contributed by atoms with E-state index >= 15 is 0 Å². The largest absolute Gasteiger partial charge is 0.379 e. The van der Waals surface area contributed by atoms with Crippen LogP contribution >= 0.6 is 0 Å². The zero-order valence-electron chi connectivity index (χ0n) is 13.9. The topological polar surface area (TPSA) is 47.6 Å². The number of nitrogens with one attached hydrogen (secondary N) is 1. The third-order valence-corrected chi connectivity index (χ3v) is 4.24. The monoisotopic (exact) mass is 305 g/mol. The van der Waals surface area contributed by atoms with Crippen molar-refractivity contribution in [2.75, 3.05) is 19.8 Å². The molecule has 0 heterocycles. The fourth-order valence-electron chi connectivity index (χ4n) is 2.90. The second-order valence-corrected chi connectivity index (χ2v) is 6.21. The van der Waals surface area contributed by atoms with Crippen molar-refractivity contribution in [2.45, 2.75) is 51.7 Å². The molecule has 0 aromatic heterocycles. The summed E-state index contributed by atoms with van der Waals surface area (Å²) in [6.45, 7) is 7.50. The van der Waals surface area contributed by atoms with Crippen LogP contribution in [-0.2, 0) is 27.1 Å². The molecule has 0 aliphatic heterocycles. The van der Waals surface area contributed by atoms with Crippen LogP contribution in [0.2, 0.25) is 0 Å². The molecule has 0 spiro atoms. The third kappa shape index (κ3) is 4.55. The molecular formula is C18H27NO3. The maximum atomic E-state index is 12.3. The van der Waals surface area contributed by atoms with Gasteiger partial charge >= 0.3 is 0 Å². The van der Waals surface area contributed by atoms with Gasteiger partial charge in [-0.15, -0.1) is 0 Å². The van der Waals surface area contributed by atoms with E-state index < -0.39 is 6.10 Å². The van der Waals surface area contributed by atoms with Crippen molar-refractivity contribution in [1.29, 1.82) is 0 Å². The van der Waals surface area contributed by atoms with Gasteiger partial charge in [-0.1, -0.05) is 24.3 Å². The zero-order valence-corrected chi connectivity index (χ0v) is 13.9. The Hall–Kier alpha value is -1.39. The van der Waals surface area contributed by atoms with Gasteiger partial charge in [-0.2, -0.15) is 0 Å². The van der Waals surface area contributed by atoms with Crippen molar-refractivity contribution < 1.29 is 14.3 Å². The molecular weight excluding hydrogens is 278 g/mol. The van der Waals surface area contributed by atoms with E-state index in [-0.39, 0.29) is 11.4 Å². The van der Waals surface area contributed by atoms with Crippen LogP contribution in [-0.4, -0.2) is 37.4 Å². The van der Waals surface area contributed by atoms with Gasteiger partial charge in [-0.25, -0.2) is 0 Å². The fourth-order valence-corrected chi connectivity index (χ4v) is 2.90. The van der Waals surface area contributed by atoms with Crippen LogP contribution in [0.25, 0.3) is 0 Å². The lowest BCUT2D eigenvalue weighted by atomic mass is 9.79. The molecule has 1 aromatic rings. The molecule has 1 aliphatic rings. The summed E-state index contributed by atoms with van der Waals surface area (Å²) in [6, 6.07) is 8.47. The minimum absolute atomic E-state index is 0.0432. The molecule has 0 bridgehead atoms. The zero-order chi connectivity index (χ0) is 16.0. The van der Waals surface area contributed by atoms with E-state index in [9.17, 15) is 4.79 Å². The fraction of sp³-hybridized carbons (Fsp3) is 0.611. The van der Waals surface area contributed by atoms with E-state index in [1.165, 1.54) is 11.1 Å². The van der Waals surface area contributed by atoms with E-state index in [2.05, 4.69) is 36.5 Å². The maximum absolute atomic E-state index is 12.3. The summed E-state index contributed by atoms with van der Waals surface area (Å²) in [5, 5.41) is 3.17. The van der Waals surface area contributed by atoms with Crippen LogP contribution in [0.4, 0.5) is 0 Å². The molecule has 0 saturated carbocycles. The van der Waals surface area contributed by atoms with Gasteiger partial charge in [0, 0.05) is 12.1 Å². The Morgan fingerprint density at radius 1 is 1.32 bits per heavy atom. The van der Waals surface area contributed by atoms with Crippen LogP contribution in [0.15, 0.2) is 24.3 Å². The molecule has 122 valence electrons. The molecule has 1 aromatic carbocycles. The van der Waals surface area contributed by atoms with Crippen LogP contribution in [0, 0.1) is 0 Å². The molecule has 0 radical (unpaired) electrons. The molecule has 4 nitrogen and oxygen atoms in total. The first-order valence-corrected chi connectivity index (χ1v) is 8.12. The second kappa shape index (κ2) is 7.75. The summed E-state index contributed by atoms with van der Waals surface area (Å²) in [5.74, 6) is -0.0432. The highest BCUT2D eigenvalue weighted by atomic mass is 16.5. The quantitative estimate of drug-likeness (QED) is 0.787. The van der Waals surface area contributed by atoms with Gasteiger partial charge < -0.3 is 14.8 Å². The summed E-state index contributed by atoms with van der Waals surface area (Å²) in [4.78, 5) is 12.3. The summed E-state index contributed by atoms with van der Waals surface area (Å²) in [7, 11) is 0. The highest BCUT2D eigenvalue weighted by Gasteiger charge is 2.32. The van der Waals surface area contributed by atoms with E-state index in [0.717, 1.165) is 19.3 Å². The molecule has 1 amide bonds. The first-order valence-electron chi connectivity index (χ1n) is 8.12. The molecule has 1 N–H and O–H groups in total. The Labute approximate surface area is 133 Å².